The number of carboxylic acids is 1. The van der Waals surface area contributed by atoms with Crippen LogP contribution >= 0.6 is 0 Å². The highest BCUT2D eigenvalue weighted by atomic mass is 16.4. The summed E-state index contributed by atoms with van der Waals surface area (Å²) in [5, 5.41) is 11.3. The van der Waals surface area contributed by atoms with Gasteiger partial charge in [0.15, 0.2) is 0 Å². The van der Waals surface area contributed by atoms with E-state index in [-0.39, 0.29) is 12.2 Å². The molecule has 0 bridgehead atoms. The predicted octanol–water partition coefficient (Wildman–Crippen LogP) is 0.626. The van der Waals surface area contributed by atoms with E-state index in [1.807, 2.05) is 0 Å². The number of rotatable bonds is 5. The first kappa shape index (κ1) is 13.1. The fourth-order valence-electron chi connectivity index (χ4n) is 1.22. The van der Waals surface area contributed by atoms with Crippen molar-refractivity contribution >= 4 is 11.9 Å². The first-order valence-electron chi connectivity index (χ1n) is 5.34. The van der Waals surface area contributed by atoms with Crippen molar-refractivity contribution < 1.29 is 14.7 Å². The van der Waals surface area contributed by atoms with Gasteiger partial charge in [-0.25, -0.2) is 4.98 Å². The number of amides is 1. The molecule has 0 aliphatic heterocycles. The first-order chi connectivity index (χ1) is 8.04. The maximum absolute atomic E-state index is 11.6. The summed E-state index contributed by atoms with van der Waals surface area (Å²) in [6, 6.07) is 0. The zero-order valence-corrected chi connectivity index (χ0v) is 9.80. The lowest BCUT2D eigenvalue weighted by Gasteiger charge is -2.10. The van der Waals surface area contributed by atoms with E-state index in [0.717, 1.165) is 5.69 Å². The number of aliphatic carboxylic acids is 1. The molecule has 0 aliphatic rings. The lowest BCUT2D eigenvalue weighted by Crippen LogP contribution is -2.33. The van der Waals surface area contributed by atoms with Crippen LogP contribution in [0, 0.1) is 12.8 Å². The van der Waals surface area contributed by atoms with Crippen LogP contribution in [0.4, 0.5) is 0 Å². The Hall–Kier alpha value is -1.98. The van der Waals surface area contributed by atoms with Crippen LogP contribution in [0.5, 0.6) is 0 Å². The Morgan fingerprint density at radius 2 is 2.12 bits per heavy atom. The number of carbonyl (C=O) groups excluding carboxylic acids is 1. The molecule has 92 valence electrons. The molecule has 1 atom stereocenters. The molecule has 1 unspecified atom stereocenters. The quantitative estimate of drug-likeness (QED) is 0.783. The van der Waals surface area contributed by atoms with Gasteiger partial charge in [0.2, 0.25) is 0 Å². The van der Waals surface area contributed by atoms with Gasteiger partial charge in [-0.05, 0) is 13.3 Å². The third-order valence-electron chi connectivity index (χ3n) is 2.36. The van der Waals surface area contributed by atoms with Crippen molar-refractivity contribution in [3.05, 3.63) is 23.8 Å². The van der Waals surface area contributed by atoms with E-state index in [9.17, 15) is 9.59 Å². The second-order valence-corrected chi connectivity index (χ2v) is 3.70. The lowest BCUT2D eigenvalue weighted by molar-refractivity contribution is -0.141. The third-order valence-corrected chi connectivity index (χ3v) is 2.36. The molecule has 17 heavy (non-hydrogen) atoms. The van der Waals surface area contributed by atoms with Gasteiger partial charge in [0.25, 0.3) is 5.91 Å². The summed E-state index contributed by atoms with van der Waals surface area (Å²) in [5.41, 5.74) is 0.911. The van der Waals surface area contributed by atoms with Crippen molar-refractivity contribution in [1.82, 2.24) is 15.3 Å². The highest BCUT2D eigenvalue weighted by molar-refractivity contribution is 5.92. The molecule has 0 saturated heterocycles. The van der Waals surface area contributed by atoms with E-state index in [2.05, 4.69) is 15.3 Å². The minimum atomic E-state index is -0.914. The zero-order valence-electron chi connectivity index (χ0n) is 9.80. The molecule has 1 aromatic heterocycles. The van der Waals surface area contributed by atoms with Crippen LogP contribution in [0.15, 0.2) is 12.4 Å². The molecule has 6 nitrogen and oxygen atoms in total. The van der Waals surface area contributed by atoms with Gasteiger partial charge < -0.3 is 10.4 Å². The van der Waals surface area contributed by atoms with E-state index in [0.29, 0.717) is 6.42 Å². The second kappa shape index (κ2) is 5.93. The molecule has 0 saturated carbocycles. The van der Waals surface area contributed by atoms with E-state index >= 15 is 0 Å². The monoisotopic (exact) mass is 237 g/mol. The summed E-state index contributed by atoms with van der Waals surface area (Å²) < 4.78 is 0. The van der Waals surface area contributed by atoms with E-state index in [1.54, 1.807) is 13.8 Å². The minimum Gasteiger partial charge on any atom is -0.481 e. The molecule has 1 heterocycles. The van der Waals surface area contributed by atoms with Gasteiger partial charge in [-0.1, -0.05) is 6.92 Å². The normalized spacial score (nSPS) is 11.9. The number of nitrogens with one attached hydrogen (secondary N) is 1. The van der Waals surface area contributed by atoms with Crippen molar-refractivity contribution in [2.24, 2.45) is 5.92 Å². The van der Waals surface area contributed by atoms with Gasteiger partial charge >= 0.3 is 5.97 Å². The molecule has 0 aliphatic carbocycles. The molecule has 0 aromatic carbocycles. The number of carbonyl (C=O) groups is 2. The summed E-state index contributed by atoms with van der Waals surface area (Å²) >= 11 is 0. The van der Waals surface area contributed by atoms with Gasteiger partial charge in [-0.15, -0.1) is 0 Å². The topological polar surface area (TPSA) is 92.2 Å². The van der Waals surface area contributed by atoms with Crippen molar-refractivity contribution in [3.63, 3.8) is 0 Å². The van der Waals surface area contributed by atoms with Crippen molar-refractivity contribution in [2.45, 2.75) is 20.3 Å². The molecule has 2 N–H and O–H groups in total. The Morgan fingerprint density at radius 3 is 2.59 bits per heavy atom. The van der Waals surface area contributed by atoms with E-state index in [1.165, 1.54) is 12.4 Å². The van der Waals surface area contributed by atoms with E-state index in [4.69, 9.17) is 5.11 Å². The largest absolute Gasteiger partial charge is 0.481 e. The Kier molecular flexibility index (Phi) is 4.56. The van der Waals surface area contributed by atoms with E-state index < -0.39 is 17.8 Å². The van der Waals surface area contributed by atoms with Crippen LogP contribution in [-0.4, -0.2) is 33.5 Å². The Balaban J connectivity index is 2.55. The Morgan fingerprint density at radius 1 is 1.41 bits per heavy atom. The molecule has 1 amide bonds. The number of hydrogen-bond acceptors (Lipinski definition) is 4. The first-order valence-corrected chi connectivity index (χ1v) is 5.34. The average Bonchev–Trinajstić information content (AvgIpc) is 2.30. The third kappa shape index (κ3) is 3.82. The highest BCUT2D eigenvalue weighted by Crippen LogP contribution is 2.01. The summed E-state index contributed by atoms with van der Waals surface area (Å²) in [6.07, 6.45) is 3.32. The molecular formula is C11H15N3O3. The number of aryl methyl sites for hydroxylation is 1. The summed E-state index contributed by atoms with van der Waals surface area (Å²) in [4.78, 5) is 30.2. The van der Waals surface area contributed by atoms with Gasteiger partial charge in [0, 0.05) is 12.7 Å². The van der Waals surface area contributed by atoms with Crippen LogP contribution in [0.25, 0.3) is 0 Å². The van der Waals surface area contributed by atoms with Crippen molar-refractivity contribution in [2.75, 3.05) is 6.54 Å². The predicted molar refractivity (Wildman–Crippen MR) is 60.5 cm³/mol. The van der Waals surface area contributed by atoms with Crippen LogP contribution in [-0.2, 0) is 4.79 Å². The summed E-state index contributed by atoms with van der Waals surface area (Å²) in [6.45, 7) is 3.63. The number of nitrogens with zero attached hydrogens (tertiary/aromatic N) is 2. The van der Waals surface area contributed by atoms with Gasteiger partial charge in [-0.3, -0.25) is 14.6 Å². The fourth-order valence-corrected chi connectivity index (χ4v) is 1.22. The van der Waals surface area contributed by atoms with Gasteiger partial charge in [0.1, 0.15) is 5.69 Å². The van der Waals surface area contributed by atoms with Crippen LogP contribution in [0.3, 0.4) is 0 Å². The summed E-state index contributed by atoms with van der Waals surface area (Å²) in [7, 11) is 0. The maximum Gasteiger partial charge on any atom is 0.308 e. The Labute approximate surface area is 99.1 Å². The van der Waals surface area contributed by atoms with Crippen LogP contribution in [0.2, 0.25) is 0 Å². The zero-order chi connectivity index (χ0) is 12.8. The molecule has 1 rings (SSSR count). The fraction of sp³-hybridized carbons (Fsp3) is 0.455. The molecule has 0 radical (unpaired) electrons. The highest BCUT2D eigenvalue weighted by Gasteiger charge is 2.16. The van der Waals surface area contributed by atoms with Crippen LogP contribution < -0.4 is 5.32 Å². The lowest BCUT2D eigenvalue weighted by atomic mass is 10.1. The second-order valence-electron chi connectivity index (χ2n) is 3.70. The molecule has 6 heteroatoms. The van der Waals surface area contributed by atoms with Gasteiger partial charge in [-0.2, -0.15) is 0 Å². The Bertz CT molecular complexity index is 403. The molecule has 0 fully saturated rings. The molecule has 0 spiro atoms. The average molecular weight is 237 g/mol. The minimum absolute atomic E-state index is 0.0974. The molecule has 1 aromatic rings. The van der Waals surface area contributed by atoms with Crippen LogP contribution in [0.1, 0.15) is 29.5 Å². The summed E-state index contributed by atoms with van der Waals surface area (Å²) in [5.74, 6) is -1.89. The smallest absolute Gasteiger partial charge is 0.308 e. The van der Waals surface area contributed by atoms with Gasteiger partial charge in [0.05, 0.1) is 17.8 Å². The number of hydrogen-bond donors (Lipinski definition) is 2. The number of carboxylic acid groups (broad SMARTS) is 1. The standard InChI is InChI=1S/C11H15N3O3/c1-3-8(11(16)17)5-14-10(15)9-6-12-7(2)4-13-9/h4,6,8H,3,5H2,1-2H3,(H,14,15)(H,16,17). The maximum atomic E-state index is 11.6. The molecular weight excluding hydrogens is 222 g/mol. The number of aromatic nitrogens is 2. The van der Waals surface area contributed by atoms with Crippen molar-refractivity contribution in [1.29, 1.82) is 0 Å². The van der Waals surface area contributed by atoms with Crippen molar-refractivity contribution in [3.8, 4) is 0 Å². The SMILES string of the molecule is CCC(CNC(=O)c1cnc(C)cn1)C(=O)O.